The first kappa shape index (κ1) is 36.6. The molecule has 0 saturated carbocycles. The number of piperidine rings is 1. The number of ether oxygens (including phenoxy) is 3. The van der Waals surface area contributed by atoms with Crippen LogP contribution in [0.2, 0.25) is 0 Å². The maximum atomic E-state index is 14.3. The Balaban J connectivity index is 1.09. The Bertz CT molecular complexity index is 1980. The van der Waals surface area contributed by atoms with Crippen molar-refractivity contribution in [2.45, 2.75) is 57.6 Å². The maximum absolute atomic E-state index is 14.3. The zero-order valence-electron chi connectivity index (χ0n) is 30.0. The van der Waals surface area contributed by atoms with Crippen molar-refractivity contribution in [3.05, 3.63) is 65.9 Å². The van der Waals surface area contributed by atoms with E-state index in [0.717, 1.165) is 51.6 Å². The molecule has 0 radical (unpaired) electrons. The Morgan fingerprint density at radius 1 is 1.04 bits per heavy atom. The average molecular weight is 765 g/mol. The molecule has 4 aromatic rings. The Morgan fingerprint density at radius 2 is 1.83 bits per heavy atom. The van der Waals surface area contributed by atoms with E-state index >= 15 is 0 Å². The standard InChI is InChI=1S/C39H45ClN4O6S2/c1-39(2,3)50-37(46)42(4)14-8-16-48-27-12-13-30-25(17-27)18-31(41-30)36(45)44-21-26(20-40)35-29-11-6-5-10-28(29)34(19-32(35)44)49-38(47)43-15-7-9-24-22-51-52-23-33(24)43/h5-6,10-13,17-19,24,26,33,41H,7-9,14-16,20-23H2,1-4H3/t24-,26-,33-/m1/s1. The van der Waals surface area contributed by atoms with Gasteiger partial charge in [0.15, 0.2) is 0 Å². The van der Waals surface area contributed by atoms with Crippen LogP contribution in [0, 0.1) is 5.92 Å². The summed E-state index contributed by atoms with van der Waals surface area (Å²) in [6.07, 6.45) is 2.04. The number of nitrogens with one attached hydrogen (secondary N) is 1. The van der Waals surface area contributed by atoms with E-state index in [4.69, 9.17) is 25.8 Å². The molecule has 4 heterocycles. The molecule has 10 nitrogen and oxygen atoms in total. The third kappa shape index (κ3) is 7.66. The highest BCUT2D eigenvalue weighted by Crippen LogP contribution is 2.47. The molecule has 1 aromatic heterocycles. The molecular weight excluding hydrogens is 720 g/mol. The molecule has 3 amide bonds. The minimum atomic E-state index is -0.547. The molecule has 3 atom stereocenters. The van der Waals surface area contributed by atoms with Crippen LogP contribution >= 0.6 is 33.2 Å². The van der Waals surface area contributed by atoms with E-state index in [1.807, 2.05) is 102 Å². The minimum Gasteiger partial charge on any atom is -0.494 e. The fraction of sp³-hybridized carbons (Fsp3) is 0.462. The van der Waals surface area contributed by atoms with E-state index in [1.54, 1.807) is 16.8 Å². The van der Waals surface area contributed by atoms with Gasteiger partial charge in [0.05, 0.1) is 12.3 Å². The molecule has 3 aliphatic rings. The number of aromatic amines is 1. The topological polar surface area (TPSA) is 104 Å². The summed E-state index contributed by atoms with van der Waals surface area (Å²) in [5.74, 6) is 3.61. The van der Waals surface area contributed by atoms with E-state index in [9.17, 15) is 14.4 Å². The van der Waals surface area contributed by atoms with Crippen LogP contribution in [0.3, 0.4) is 0 Å². The van der Waals surface area contributed by atoms with Gasteiger partial charge in [-0.3, -0.25) is 4.79 Å². The summed E-state index contributed by atoms with van der Waals surface area (Å²) in [5, 5.41) is 2.60. The van der Waals surface area contributed by atoms with Gasteiger partial charge in [-0.2, -0.15) is 0 Å². The molecule has 7 rings (SSSR count). The lowest BCUT2D eigenvalue weighted by Gasteiger charge is -2.42. The number of hydrogen-bond acceptors (Lipinski definition) is 8. The second kappa shape index (κ2) is 15.3. The molecule has 3 aromatic carbocycles. The van der Waals surface area contributed by atoms with Gasteiger partial charge in [0.1, 0.15) is 22.8 Å². The number of carbonyl (C=O) groups excluding carboxylic acids is 3. The molecule has 3 aliphatic heterocycles. The molecular formula is C39H45ClN4O6S2. The third-order valence-corrected chi connectivity index (χ3v) is 12.8. The van der Waals surface area contributed by atoms with E-state index in [0.29, 0.717) is 67.3 Å². The van der Waals surface area contributed by atoms with Gasteiger partial charge in [0.2, 0.25) is 0 Å². The van der Waals surface area contributed by atoms with Gasteiger partial charge in [-0.15, -0.1) is 11.6 Å². The first-order valence-corrected chi connectivity index (χ1v) is 20.9. The molecule has 0 aliphatic carbocycles. The molecule has 276 valence electrons. The number of nitrogens with zero attached hydrogens (tertiary/aromatic N) is 3. The largest absolute Gasteiger partial charge is 0.494 e. The normalized spacial score (nSPS) is 20.1. The second-order valence-corrected chi connectivity index (χ2v) is 17.6. The smallest absolute Gasteiger partial charge is 0.415 e. The maximum Gasteiger partial charge on any atom is 0.415 e. The highest BCUT2D eigenvalue weighted by molar-refractivity contribution is 8.76. The Morgan fingerprint density at radius 3 is 2.62 bits per heavy atom. The van der Waals surface area contributed by atoms with Crippen molar-refractivity contribution in [1.29, 1.82) is 0 Å². The number of anilines is 1. The van der Waals surface area contributed by atoms with Gasteiger partial charge in [-0.05, 0) is 81.2 Å². The lowest BCUT2D eigenvalue weighted by atomic mass is 9.92. The quantitative estimate of drug-likeness (QED) is 0.108. The molecule has 2 fully saturated rings. The molecule has 2 saturated heterocycles. The minimum absolute atomic E-state index is 0.0892. The zero-order chi connectivity index (χ0) is 36.6. The number of hydrogen-bond donors (Lipinski definition) is 1. The molecule has 0 bridgehead atoms. The lowest BCUT2D eigenvalue weighted by Crippen LogP contribution is -2.52. The van der Waals surface area contributed by atoms with Gasteiger partial charge in [-0.1, -0.05) is 45.9 Å². The molecule has 52 heavy (non-hydrogen) atoms. The fourth-order valence-electron chi connectivity index (χ4n) is 7.39. The number of carbonyl (C=O) groups is 3. The Kier molecular flexibility index (Phi) is 10.8. The van der Waals surface area contributed by atoms with Crippen molar-refractivity contribution >= 4 is 78.6 Å². The first-order valence-electron chi connectivity index (χ1n) is 17.9. The summed E-state index contributed by atoms with van der Waals surface area (Å²) in [5.41, 5.74) is 2.39. The predicted molar refractivity (Wildman–Crippen MR) is 211 cm³/mol. The fourth-order valence-corrected chi connectivity index (χ4v) is 10.5. The van der Waals surface area contributed by atoms with Crippen molar-refractivity contribution in [2.24, 2.45) is 5.92 Å². The number of fused-ring (bicyclic) bond motifs is 5. The van der Waals surface area contributed by atoms with E-state index in [1.165, 1.54) is 0 Å². The van der Waals surface area contributed by atoms with Crippen LogP contribution in [-0.2, 0) is 4.74 Å². The van der Waals surface area contributed by atoms with Crippen molar-refractivity contribution in [1.82, 2.24) is 14.8 Å². The average Bonchev–Trinajstić information content (AvgIpc) is 3.73. The van der Waals surface area contributed by atoms with Crippen LogP contribution in [0.15, 0.2) is 54.6 Å². The van der Waals surface area contributed by atoms with Crippen LogP contribution in [0.1, 0.15) is 62.0 Å². The van der Waals surface area contributed by atoms with Gasteiger partial charge >= 0.3 is 12.2 Å². The van der Waals surface area contributed by atoms with Crippen LogP contribution in [0.25, 0.3) is 21.7 Å². The summed E-state index contributed by atoms with van der Waals surface area (Å²) in [6.45, 7) is 7.53. The van der Waals surface area contributed by atoms with Crippen molar-refractivity contribution < 1.29 is 28.6 Å². The number of H-pyrrole nitrogens is 1. The number of alkyl halides is 1. The van der Waals surface area contributed by atoms with Gasteiger partial charge in [-0.25, -0.2) is 9.59 Å². The van der Waals surface area contributed by atoms with Crippen LogP contribution in [-0.4, -0.2) is 95.2 Å². The molecule has 13 heteroatoms. The highest BCUT2D eigenvalue weighted by atomic mass is 35.5. The zero-order valence-corrected chi connectivity index (χ0v) is 32.4. The molecule has 1 N–H and O–H groups in total. The van der Waals surface area contributed by atoms with Crippen LogP contribution in [0.5, 0.6) is 11.5 Å². The SMILES string of the molecule is CN(CCCOc1ccc2[nH]c(C(=O)N3C[C@@H](CCl)c4c3cc(OC(=O)N3CCC[C@@H]5CSSC[C@H]53)c3ccccc43)cc2c1)C(=O)OC(C)(C)C. The summed E-state index contributed by atoms with van der Waals surface area (Å²) in [6, 6.07) is 17.4. The summed E-state index contributed by atoms with van der Waals surface area (Å²) < 4.78 is 17.7. The number of likely N-dealkylation sites (tertiary alicyclic amines) is 1. The second-order valence-electron chi connectivity index (χ2n) is 14.8. The van der Waals surface area contributed by atoms with Gasteiger partial charge in [0.25, 0.3) is 5.91 Å². The van der Waals surface area contributed by atoms with E-state index in [2.05, 4.69) is 4.98 Å². The van der Waals surface area contributed by atoms with E-state index in [-0.39, 0.29) is 30.1 Å². The van der Waals surface area contributed by atoms with Gasteiger partial charge < -0.3 is 33.9 Å². The first-order chi connectivity index (χ1) is 25.0. The molecule has 0 spiro atoms. The Hall–Kier alpha value is -3.74. The number of benzene rings is 3. The number of aromatic nitrogens is 1. The predicted octanol–water partition coefficient (Wildman–Crippen LogP) is 8.91. The number of amides is 3. The third-order valence-electron chi connectivity index (χ3n) is 9.95. The van der Waals surface area contributed by atoms with Crippen LogP contribution < -0.4 is 14.4 Å². The van der Waals surface area contributed by atoms with Gasteiger partial charge in [0, 0.05) is 78.4 Å². The number of rotatable bonds is 8. The molecule has 0 unspecified atom stereocenters. The lowest BCUT2D eigenvalue weighted by molar-refractivity contribution is 0.0292. The summed E-state index contributed by atoms with van der Waals surface area (Å²) >= 11 is 6.55. The van der Waals surface area contributed by atoms with Crippen molar-refractivity contribution in [3.63, 3.8) is 0 Å². The van der Waals surface area contributed by atoms with Crippen molar-refractivity contribution in [2.75, 3.05) is 55.6 Å². The number of halogens is 1. The highest BCUT2D eigenvalue weighted by Gasteiger charge is 2.39. The van der Waals surface area contributed by atoms with Crippen LogP contribution in [0.4, 0.5) is 15.3 Å². The summed E-state index contributed by atoms with van der Waals surface area (Å²) in [4.78, 5) is 48.8. The van der Waals surface area contributed by atoms with E-state index < -0.39 is 5.60 Å². The monoisotopic (exact) mass is 764 g/mol. The summed E-state index contributed by atoms with van der Waals surface area (Å²) in [7, 11) is 5.43. The van der Waals surface area contributed by atoms with Crippen molar-refractivity contribution in [3.8, 4) is 11.5 Å². The Labute approximate surface area is 317 Å².